The summed E-state index contributed by atoms with van der Waals surface area (Å²) < 4.78 is 37.6. The second kappa shape index (κ2) is 6.46. The van der Waals surface area contributed by atoms with Crippen LogP contribution in [0.25, 0.3) is 0 Å². The average molecular weight is 405 g/mol. The monoisotopic (exact) mass is 404 g/mol. The molecule has 9 nitrogen and oxygen atoms in total. The Morgan fingerprint density at radius 2 is 1.87 bits per heavy atom. The molecule has 4 N–H and O–H groups in total. The van der Waals surface area contributed by atoms with Crippen LogP contribution in [0, 0.1) is 0 Å². The Labute approximate surface area is 140 Å². The minimum atomic E-state index is -3.98. The van der Waals surface area contributed by atoms with Gasteiger partial charge in [0.25, 0.3) is 15.9 Å². The number of carbonyl (C=O) groups is 1. The van der Waals surface area contributed by atoms with Gasteiger partial charge in [-0.05, 0) is 22.0 Å². The van der Waals surface area contributed by atoms with Gasteiger partial charge in [-0.25, -0.2) is 8.42 Å². The first-order valence-corrected chi connectivity index (χ1v) is 8.35. The molecule has 1 aromatic heterocycles. The number of nitrogens with two attached hydrogens (primary N) is 1. The quantitative estimate of drug-likeness (QED) is 0.658. The van der Waals surface area contributed by atoms with Crippen LogP contribution < -0.4 is 19.9 Å². The molecule has 2 aromatic rings. The molecule has 0 spiro atoms. The number of aromatic amines is 1. The maximum atomic E-state index is 12.5. The molecule has 0 aliphatic carbocycles. The molecule has 0 unspecified atom stereocenters. The molecule has 0 saturated carbocycles. The molecule has 1 amide bonds. The number of methoxy groups -OCH3 is 2. The molecule has 2 rings (SSSR count). The second-order valence-corrected chi connectivity index (χ2v) is 6.78. The van der Waals surface area contributed by atoms with Crippen LogP contribution in [0.2, 0.25) is 0 Å². The second-order valence-electron chi connectivity index (χ2n) is 4.27. The first-order valence-electron chi connectivity index (χ1n) is 6.08. The number of nitrogens with zero attached hydrogens (tertiary/aromatic N) is 1. The molecule has 0 aliphatic rings. The minimum absolute atomic E-state index is 0.0194. The lowest BCUT2D eigenvalue weighted by atomic mass is 10.3. The van der Waals surface area contributed by atoms with Gasteiger partial charge in [-0.15, -0.1) is 0 Å². The van der Waals surface area contributed by atoms with E-state index in [1.165, 1.54) is 32.4 Å². The van der Waals surface area contributed by atoms with Crippen LogP contribution >= 0.6 is 15.9 Å². The molecule has 1 heterocycles. The minimum Gasteiger partial charge on any atom is -0.493 e. The number of halogens is 1. The molecule has 0 radical (unpaired) electrons. The Morgan fingerprint density at radius 1 is 1.26 bits per heavy atom. The van der Waals surface area contributed by atoms with Crippen LogP contribution in [0.5, 0.6) is 11.5 Å². The van der Waals surface area contributed by atoms with Crippen LogP contribution in [-0.4, -0.2) is 38.7 Å². The van der Waals surface area contributed by atoms with Gasteiger partial charge in [0, 0.05) is 16.6 Å². The normalized spacial score (nSPS) is 11.1. The van der Waals surface area contributed by atoms with E-state index in [0.29, 0.717) is 5.75 Å². The molecule has 0 atom stereocenters. The van der Waals surface area contributed by atoms with Gasteiger partial charge < -0.3 is 15.2 Å². The summed E-state index contributed by atoms with van der Waals surface area (Å²) in [5.74, 6) is -0.208. The maximum Gasteiger partial charge on any atom is 0.266 e. The fourth-order valence-corrected chi connectivity index (χ4v) is 3.76. The summed E-state index contributed by atoms with van der Waals surface area (Å²) in [6, 6.07) is 3.95. The third-order valence-electron chi connectivity index (χ3n) is 2.81. The number of nitrogens with one attached hydrogen (secondary N) is 2. The Morgan fingerprint density at radius 3 is 2.39 bits per heavy atom. The van der Waals surface area contributed by atoms with Crippen molar-refractivity contribution in [3.8, 4) is 11.5 Å². The highest BCUT2D eigenvalue weighted by Gasteiger charge is 2.22. The summed E-state index contributed by atoms with van der Waals surface area (Å²) in [6.07, 6.45) is 0. The number of amides is 1. The van der Waals surface area contributed by atoms with Gasteiger partial charge in [-0.3, -0.25) is 14.6 Å². The highest BCUT2D eigenvalue weighted by Crippen LogP contribution is 2.36. The predicted molar refractivity (Wildman–Crippen MR) is 85.2 cm³/mol. The van der Waals surface area contributed by atoms with E-state index in [4.69, 9.17) is 15.2 Å². The van der Waals surface area contributed by atoms with Gasteiger partial charge in [0.2, 0.25) is 0 Å². The number of benzene rings is 1. The molecule has 0 bridgehead atoms. The van der Waals surface area contributed by atoms with Crippen LogP contribution in [0.15, 0.2) is 27.6 Å². The van der Waals surface area contributed by atoms with Crippen LogP contribution in [0.4, 0.5) is 5.82 Å². The number of hydrogen-bond donors (Lipinski definition) is 3. The summed E-state index contributed by atoms with van der Waals surface area (Å²) >= 11 is 3.17. The molecule has 11 heteroatoms. The fraction of sp³-hybridized carbons (Fsp3) is 0.167. The number of rotatable bonds is 6. The van der Waals surface area contributed by atoms with E-state index in [-0.39, 0.29) is 26.6 Å². The zero-order valence-corrected chi connectivity index (χ0v) is 14.5. The number of anilines is 1. The van der Waals surface area contributed by atoms with Crippen molar-refractivity contribution in [2.75, 3.05) is 18.9 Å². The number of ether oxygens (including phenoxy) is 2. The third-order valence-corrected chi connectivity index (χ3v) is 5.12. The van der Waals surface area contributed by atoms with E-state index >= 15 is 0 Å². The van der Waals surface area contributed by atoms with Crippen molar-refractivity contribution < 1.29 is 22.7 Å². The van der Waals surface area contributed by atoms with Crippen molar-refractivity contribution >= 4 is 37.7 Å². The Kier molecular flexibility index (Phi) is 4.80. The van der Waals surface area contributed by atoms with Gasteiger partial charge in [-0.1, -0.05) is 0 Å². The van der Waals surface area contributed by atoms with Crippen molar-refractivity contribution in [3.05, 3.63) is 28.4 Å². The first-order chi connectivity index (χ1) is 10.8. The van der Waals surface area contributed by atoms with Gasteiger partial charge in [0.15, 0.2) is 17.3 Å². The van der Waals surface area contributed by atoms with E-state index in [9.17, 15) is 13.2 Å². The van der Waals surface area contributed by atoms with Gasteiger partial charge in [0.1, 0.15) is 10.6 Å². The Hall–Kier alpha value is -2.27. The van der Waals surface area contributed by atoms with Crippen molar-refractivity contribution in [2.45, 2.75) is 4.90 Å². The van der Waals surface area contributed by atoms with E-state index in [1.807, 2.05) is 0 Å². The molecule has 23 heavy (non-hydrogen) atoms. The summed E-state index contributed by atoms with van der Waals surface area (Å²) in [4.78, 5) is 10.9. The lowest BCUT2D eigenvalue weighted by Gasteiger charge is -2.12. The van der Waals surface area contributed by atoms with Crippen molar-refractivity contribution in [2.24, 2.45) is 5.73 Å². The number of primary amides is 1. The van der Waals surface area contributed by atoms with Crippen LogP contribution in [-0.2, 0) is 10.0 Å². The highest BCUT2D eigenvalue weighted by atomic mass is 79.9. The Balaban J connectivity index is 2.40. The summed E-state index contributed by atoms with van der Waals surface area (Å²) in [5, 5.41) is 5.99. The third kappa shape index (κ3) is 3.56. The first kappa shape index (κ1) is 17.1. The molecular formula is C12H13BrN4O5S. The van der Waals surface area contributed by atoms with Crippen LogP contribution in [0.3, 0.4) is 0 Å². The van der Waals surface area contributed by atoms with Crippen molar-refractivity contribution in [1.29, 1.82) is 0 Å². The number of H-pyrrole nitrogens is 1. The summed E-state index contributed by atoms with van der Waals surface area (Å²) in [7, 11) is -1.15. The number of hydrogen-bond acceptors (Lipinski definition) is 6. The van der Waals surface area contributed by atoms with Crippen molar-refractivity contribution in [1.82, 2.24) is 10.2 Å². The zero-order valence-electron chi connectivity index (χ0n) is 12.1. The maximum absolute atomic E-state index is 12.5. The topological polar surface area (TPSA) is 136 Å². The van der Waals surface area contributed by atoms with E-state index < -0.39 is 15.9 Å². The molecule has 124 valence electrons. The SMILES string of the molecule is COc1cc(Br)c(S(=O)(=O)Nc2cc(C(N)=O)[nH]n2)cc1OC. The lowest BCUT2D eigenvalue weighted by molar-refractivity contribution is 0.0995. The van der Waals surface area contributed by atoms with Crippen molar-refractivity contribution in [3.63, 3.8) is 0 Å². The molecule has 1 aromatic carbocycles. The summed E-state index contributed by atoms with van der Waals surface area (Å²) in [5.41, 5.74) is 5.05. The van der Waals surface area contributed by atoms with E-state index in [1.54, 1.807) is 0 Å². The number of aromatic nitrogens is 2. The Bertz CT molecular complexity index is 849. The van der Waals surface area contributed by atoms with Gasteiger partial charge in [-0.2, -0.15) is 5.10 Å². The van der Waals surface area contributed by atoms with Crippen LogP contribution in [0.1, 0.15) is 10.5 Å². The molecular weight excluding hydrogens is 392 g/mol. The van der Waals surface area contributed by atoms with Gasteiger partial charge in [0.05, 0.1) is 14.2 Å². The average Bonchev–Trinajstić information content (AvgIpc) is 2.94. The predicted octanol–water partition coefficient (Wildman–Crippen LogP) is 1.09. The standard InChI is InChI=1S/C12H13BrN4O5S/c1-21-8-3-6(13)10(5-9(8)22-2)23(19,20)17-11-4-7(12(14)18)15-16-11/h3-5H,1-2H3,(H2,14,18)(H2,15,16,17). The van der Waals surface area contributed by atoms with E-state index in [0.717, 1.165) is 0 Å². The van der Waals surface area contributed by atoms with E-state index in [2.05, 4.69) is 30.8 Å². The van der Waals surface area contributed by atoms with Gasteiger partial charge >= 0.3 is 0 Å². The highest BCUT2D eigenvalue weighted by molar-refractivity contribution is 9.10. The summed E-state index contributed by atoms with van der Waals surface area (Å²) in [6.45, 7) is 0. The molecule has 0 fully saturated rings. The number of sulfonamides is 1. The smallest absolute Gasteiger partial charge is 0.266 e. The lowest BCUT2D eigenvalue weighted by Crippen LogP contribution is -2.14. The number of carbonyl (C=O) groups excluding carboxylic acids is 1. The fourth-order valence-electron chi connectivity index (χ4n) is 1.73. The molecule has 0 saturated heterocycles. The molecule has 0 aliphatic heterocycles. The zero-order chi connectivity index (χ0) is 17.2. The largest absolute Gasteiger partial charge is 0.493 e.